The van der Waals surface area contributed by atoms with Crippen molar-refractivity contribution in [3.63, 3.8) is 0 Å². The molecule has 1 aliphatic rings. The fraction of sp³-hybridized carbons (Fsp3) is 0.407. The molecule has 1 atom stereocenters. The molecule has 0 spiro atoms. The molecule has 1 aromatic heterocycles. The Labute approximate surface area is 227 Å². The Morgan fingerprint density at radius 1 is 1.21 bits per heavy atom. The second-order valence-corrected chi connectivity index (χ2v) is 9.93. The average Bonchev–Trinajstić information content (AvgIpc) is 2.93. The van der Waals surface area contributed by atoms with Crippen LogP contribution in [0.25, 0.3) is 10.9 Å². The molecule has 0 saturated carbocycles. The molecule has 2 heterocycles. The van der Waals surface area contributed by atoms with E-state index in [1.54, 1.807) is 23.7 Å². The van der Waals surface area contributed by atoms with Crippen molar-refractivity contribution in [2.75, 3.05) is 33.4 Å². The third-order valence-corrected chi connectivity index (χ3v) is 7.57. The predicted molar refractivity (Wildman–Crippen MR) is 136 cm³/mol. The van der Waals surface area contributed by atoms with Crippen LogP contribution in [0, 0.1) is 22.9 Å². The summed E-state index contributed by atoms with van der Waals surface area (Å²) in [5, 5.41) is 10.1. The SMILES string of the molecule is COc1ccc2ncc(Cl)c(C(F)CCC3(C(=O)NO)CCN(CCOc4c(F)cc(F)cc4F)CC3)c2c1. The van der Waals surface area contributed by atoms with Gasteiger partial charge in [0, 0.05) is 35.8 Å². The minimum absolute atomic E-state index is 0.0320. The number of pyridine rings is 1. The summed E-state index contributed by atoms with van der Waals surface area (Å²) in [5.74, 6) is -4.04. The maximum atomic E-state index is 15.7. The highest BCUT2D eigenvalue weighted by Gasteiger charge is 2.41. The van der Waals surface area contributed by atoms with Crippen LogP contribution in [-0.4, -0.2) is 54.3 Å². The Morgan fingerprint density at radius 3 is 2.54 bits per heavy atom. The third-order valence-electron chi connectivity index (χ3n) is 7.27. The summed E-state index contributed by atoms with van der Waals surface area (Å²) >= 11 is 6.33. The van der Waals surface area contributed by atoms with Gasteiger partial charge in [-0.2, -0.15) is 0 Å². The van der Waals surface area contributed by atoms with Crippen molar-refractivity contribution in [3.8, 4) is 11.5 Å². The summed E-state index contributed by atoms with van der Waals surface area (Å²) in [6.07, 6.45) is 0.606. The summed E-state index contributed by atoms with van der Waals surface area (Å²) < 4.78 is 66.8. The van der Waals surface area contributed by atoms with Crippen molar-refractivity contribution in [2.45, 2.75) is 31.9 Å². The standard InChI is InChI=1S/C27H28ClF4N3O4/c1-38-17-2-3-23-18(14-17)24(19(28)15-33-23)20(30)4-5-27(26(36)34-37)6-8-35(9-7-27)10-11-39-25-21(31)12-16(29)13-22(25)32/h2-3,12-15,20,37H,4-11H2,1H3,(H,34,36). The number of methoxy groups -OCH3 is 1. The van der Waals surface area contributed by atoms with Gasteiger partial charge in [0.05, 0.1) is 23.1 Å². The first-order valence-corrected chi connectivity index (χ1v) is 12.8. The van der Waals surface area contributed by atoms with Crippen molar-refractivity contribution >= 4 is 28.4 Å². The first kappa shape index (κ1) is 28.8. The van der Waals surface area contributed by atoms with Gasteiger partial charge in [-0.25, -0.2) is 23.0 Å². The number of hydrogen-bond acceptors (Lipinski definition) is 6. The van der Waals surface area contributed by atoms with E-state index in [-0.39, 0.29) is 30.0 Å². The van der Waals surface area contributed by atoms with Crippen LogP contribution in [-0.2, 0) is 4.79 Å². The molecule has 4 rings (SSSR count). The Bertz CT molecular complexity index is 1310. The van der Waals surface area contributed by atoms with Crippen LogP contribution in [0.1, 0.15) is 37.4 Å². The van der Waals surface area contributed by atoms with Gasteiger partial charge >= 0.3 is 0 Å². The molecule has 2 N–H and O–H groups in total. The van der Waals surface area contributed by atoms with Crippen LogP contribution >= 0.6 is 11.6 Å². The fourth-order valence-electron chi connectivity index (χ4n) is 5.02. The number of benzene rings is 2. The molecule has 1 fully saturated rings. The lowest BCUT2D eigenvalue weighted by molar-refractivity contribution is -0.143. The van der Waals surface area contributed by atoms with Gasteiger partial charge in [0.1, 0.15) is 24.3 Å². The molecule has 39 heavy (non-hydrogen) atoms. The summed E-state index contributed by atoms with van der Waals surface area (Å²) in [4.78, 5) is 18.9. The maximum absolute atomic E-state index is 15.7. The smallest absolute Gasteiger partial charge is 0.249 e. The molecule has 1 saturated heterocycles. The van der Waals surface area contributed by atoms with Gasteiger partial charge in [-0.3, -0.25) is 19.9 Å². The fourth-order valence-corrected chi connectivity index (χ4v) is 5.29. The zero-order chi connectivity index (χ0) is 28.2. The monoisotopic (exact) mass is 569 g/mol. The van der Waals surface area contributed by atoms with Crippen LogP contribution < -0.4 is 15.0 Å². The van der Waals surface area contributed by atoms with Crippen molar-refractivity contribution in [2.24, 2.45) is 5.41 Å². The molecular formula is C27H28ClF4N3O4. The van der Waals surface area contributed by atoms with Crippen molar-refractivity contribution in [1.29, 1.82) is 0 Å². The zero-order valence-corrected chi connectivity index (χ0v) is 21.9. The normalized spacial score (nSPS) is 16.2. The number of nitrogens with zero attached hydrogens (tertiary/aromatic N) is 2. The summed E-state index contributed by atoms with van der Waals surface area (Å²) in [6, 6.07) is 6.16. The lowest BCUT2D eigenvalue weighted by Crippen LogP contribution is -2.49. The average molecular weight is 570 g/mol. The Morgan fingerprint density at radius 2 is 1.90 bits per heavy atom. The molecular weight excluding hydrogens is 542 g/mol. The number of likely N-dealkylation sites (tertiary alicyclic amines) is 1. The van der Waals surface area contributed by atoms with Crippen molar-refractivity contribution < 1.29 is 37.0 Å². The number of alkyl halides is 1. The molecule has 0 bridgehead atoms. The Hall–Kier alpha value is -3.15. The minimum atomic E-state index is -1.51. The number of ether oxygens (including phenoxy) is 2. The van der Waals surface area contributed by atoms with E-state index in [9.17, 15) is 23.2 Å². The van der Waals surface area contributed by atoms with Gasteiger partial charge in [-0.05, 0) is 57.0 Å². The van der Waals surface area contributed by atoms with E-state index in [1.807, 2.05) is 4.90 Å². The number of fused-ring (bicyclic) bond motifs is 1. The van der Waals surface area contributed by atoms with E-state index in [4.69, 9.17) is 21.1 Å². The molecule has 210 valence electrons. The molecule has 1 aliphatic heterocycles. The largest absolute Gasteiger partial charge is 0.497 e. The number of aromatic nitrogens is 1. The van der Waals surface area contributed by atoms with Crippen LogP contribution in [0.5, 0.6) is 11.5 Å². The Kier molecular flexibility index (Phi) is 9.14. The van der Waals surface area contributed by atoms with Crippen LogP contribution in [0.2, 0.25) is 5.02 Å². The van der Waals surface area contributed by atoms with Gasteiger partial charge in [-0.1, -0.05) is 11.6 Å². The van der Waals surface area contributed by atoms with Gasteiger partial charge in [0.15, 0.2) is 17.4 Å². The number of hydroxylamine groups is 1. The van der Waals surface area contributed by atoms with Gasteiger partial charge in [0.2, 0.25) is 5.91 Å². The summed E-state index contributed by atoms with van der Waals surface area (Å²) in [7, 11) is 1.50. The van der Waals surface area contributed by atoms with Crippen LogP contribution in [0.4, 0.5) is 17.6 Å². The predicted octanol–water partition coefficient (Wildman–Crippen LogP) is 5.77. The van der Waals surface area contributed by atoms with Crippen molar-refractivity contribution in [1.82, 2.24) is 15.4 Å². The van der Waals surface area contributed by atoms with Gasteiger partial charge in [0.25, 0.3) is 0 Å². The number of carbonyl (C=O) groups excluding carboxylic acids is 1. The molecule has 12 heteroatoms. The molecule has 3 aromatic rings. The van der Waals surface area contributed by atoms with Gasteiger partial charge < -0.3 is 9.47 Å². The minimum Gasteiger partial charge on any atom is -0.497 e. The second-order valence-electron chi connectivity index (χ2n) is 9.52. The summed E-state index contributed by atoms with van der Waals surface area (Å²) in [6.45, 7) is 1.03. The number of carbonyl (C=O) groups is 1. The zero-order valence-electron chi connectivity index (χ0n) is 21.2. The van der Waals surface area contributed by atoms with E-state index < -0.39 is 40.7 Å². The molecule has 1 unspecified atom stereocenters. The summed E-state index contributed by atoms with van der Waals surface area (Å²) in [5.41, 5.74) is 1.50. The molecule has 2 aromatic carbocycles. The molecule has 0 aliphatic carbocycles. The van der Waals surface area contributed by atoms with E-state index in [0.29, 0.717) is 61.3 Å². The van der Waals surface area contributed by atoms with E-state index >= 15 is 4.39 Å². The highest BCUT2D eigenvalue weighted by Crippen LogP contribution is 2.42. The van der Waals surface area contributed by atoms with Crippen molar-refractivity contribution in [3.05, 3.63) is 64.6 Å². The molecule has 0 radical (unpaired) electrons. The number of hydrogen-bond donors (Lipinski definition) is 2. The van der Waals surface area contributed by atoms with E-state index in [2.05, 4.69) is 4.98 Å². The number of rotatable bonds is 10. The van der Waals surface area contributed by atoms with Gasteiger partial charge in [-0.15, -0.1) is 0 Å². The number of piperidine rings is 1. The topological polar surface area (TPSA) is 83.9 Å². The molecule has 1 amide bonds. The first-order chi connectivity index (χ1) is 18.7. The van der Waals surface area contributed by atoms with E-state index in [1.165, 1.54) is 13.3 Å². The first-order valence-electron chi connectivity index (χ1n) is 12.4. The lowest BCUT2D eigenvalue weighted by atomic mass is 9.73. The molecule has 7 nitrogen and oxygen atoms in total. The Balaban J connectivity index is 1.40. The quantitative estimate of drug-likeness (QED) is 0.183. The van der Waals surface area contributed by atoms with E-state index in [0.717, 1.165) is 0 Å². The van der Waals surface area contributed by atoms with Crippen LogP contribution in [0.15, 0.2) is 36.5 Å². The number of amides is 1. The number of nitrogens with one attached hydrogen (secondary N) is 1. The highest BCUT2D eigenvalue weighted by molar-refractivity contribution is 6.32. The number of halogens is 5. The second kappa shape index (κ2) is 12.4. The van der Waals surface area contributed by atoms with Crippen LogP contribution in [0.3, 0.4) is 0 Å². The third kappa shape index (κ3) is 6.37. The maximum Gasteiger partial charge on any atom is 0.249 e. The highest BCUT2D eigenvalue weighted by atomic mass is 35.5. The lowest BCUT2D eigenvalue weighted by Gasteiger charge is -2.40.